The third-order valence-electron chi connectivity index (χ3n) is 3.06. The number of carbonyl (C=O) groups is 1. The van der Waals surface area contributed by atoms with E-state index in [0.717, 1.165) is 16.9 Å². The second-order valence-electron chi connectivity index (χ2n) is 4.54. The van der Waals surface area contributed by atoms with Crippen molar-refractivity contribution < 1.29 is 4.79 Å². The van der Waals surface area contributed by atoms with Crippen LogP contribution in [0.25, 0.3) is 0 Å². The first-order valence-electron chi connectivity index (χ1n) is 6.20. The standard InChI is InChI=1S/C14H18N4O/c1-10-9-13(17-18(10)2)16-14(19)8-7-11-5-3-4-6-12(11)15/h3-6,9H,7-8,15H2,1-2H3,(H,16,17,19). The van der Waals surface area contributed by atoms with Crippen LogP contribution in [0.4, 0.5) is 11.5 Å². The van der Waals surface area contributed by atoms with Gasteiger partial charge < -0.3 is 11.1 Å². The van der Waals surface area contributed by atoms with E-state index in [2.05, 4.69) is 10.4 Å². The summed E-state index contributed by atoms with van der Waals surface area (Å²) in [5, 5.41) is 6.96. The number of carbonyl (C=O) groups excluding carboxylic acids is 1. The van der Waals surface area contributed by atoms with Crippen LogP contribution in [0, 0.1) is 6.92 Å². The lowest BCUT2D eigenvalue weighted by Gasteiger charge is -2.05. The van der Waals surface area contributed by atoms with Crippen LogP contribution in [0.3, 0.4) is 0 Å². The molecule has 19 heavy (non-hydrogen) atoms. The highest BCUT2D eigenvalue weighted by molar-refractivity contribution is 5.90. The molecule has 0 fully saturated rings. The zero-order valence-electron chi connectivity index (χ0n) is 11.2. The molecule has 2 aromatic rings. The molecule has 3 N–H and O–H groups in total. The fourth-order valence-corrected chi connectivity index (χ4v) is 1.84. The van der Waals surface area contributed by atoms with Crippen molar-refractivity contribution in [3.8, 4) is 0 Å². The maximum absolute atomic E-state index is 11.8. The largest absolute Gasteiger partial charge is 0.399 e. The third kappa shape index (κ3) is 3.34. The molecular weight excluding hydrogens is 240 g/mol. The van der Waals surface area contributed by atoms with E-state index in [1.165, 1.54) is 0 Å². The fourth-order valence-electron chi connectivity index (χ4n) is 1.84. The molecule has 1 aromatic carbocycles. The van der Waals surface area contributed by atoms with E-state index < -0.39 is 0 Å². The Kier molecular flexibility index (Phi) is 3.85. The first-order valence-corrected chi connectivity index (χ1v) is 6.20. The number of anilines is 2. The Balaban J connectivity index is 1.90. The summed E-state index contributed by atoms with van der Waals surface area (Å²) in [5.41, 5.74) is 8.56. The smallest absolute Gasteiger partial charge is 0.225 e. The maximum Gasteiger partial charge on any atom is 0.225 e. The van der Waals surface area contributed by atoms with Gasteiger partial charge in [-0.15, -0.1) is 0 Å². The number of nitrogens with zero attached hydrogens (tertiary/aromatic N) is 2. The Bertz CT molecular complexity index is 569. The molecule has 0 spiro atoms. The predicted octanol–water partition coefficient (Wildman–Crippen LogP) is 1.88. The zero-order valence-corrected chi connectivity index (χ0v) is 11.2. The van der Waals surface area contributed by atoms with Crippen molar-refractivity contribution in [1.29, 1.82) is 0 Å². The Labute approximate surface area is 112 Å². The van der Waals surface area contributed by atoms with Crippen LogP contribution in [0.15, 0.2) is 30.3 Å². The minimum Gasteiger partial charge on any atom is -0.399 e. The van der Waals surface area contributed by atoms with E-state index in [-0.39, 0.29) is 5.91 Å². The lowest BCUT2D eigenvalue weighted by atomic mass is 10.1. The number of hydrogen-bond donors (Lipinski definition) is 2. The van der Waals surface area contributed by atoms with Crippen molar-refractivity contribution in [3.63, 3.8) is 0 Å². The normalized spacial score (nSPS) is 10.4. The molecule has 1 aromatic heterocycles. The summed E-state index contributed by atoms with van der Waals surface area (Å²) in [7, 11) is 1.84. The minimum absolute atomic E-state index is 0.0543. The van der Waals surface area contributed by atoms with Gasteiger partial charge in [0.2, 0.25) is 5.91 Å². The summed E-state index contributed by atoms with van der Waals surface area (Å²) < 4.78 is 1.73. The summed E-state index contributed by atoms with van der Waals surface area (Å²) in [6.45, 7) is 1.94. The highest BCUT2D eigenvalue weighted by Crippen LogP contribution is 2.13. The van der Waals surface area contributed by atoms with Crippen molar-refractivity contribution in [3.05, 3.63) is 41.6 Å². The molecule has 0 aliphatic heterocycles. The van der Waals surface area contributed by atoms with Gasteiger partial charge in [0.05, 0.1) is 0 Å². The van der Waals surface area contributed by atoms with Gasteiger partial charge in [-0.05, 0) is 25.0 Å². The van der Waals surface area contributed by atoms with E-state index in [9.17, 15) is 4.79 Å². The van der Waals surface area contributed by atoms with E-state index in [4.69, 9.17) is 5.73 Å². The van der Waals surface area contributed by atoms with Crippen molar-refractivity contribution in [2.24, 2.45) is 7.05 Å². The van der Waals surface area contributed by atoms with Gasteiger partial charge in [-0.25, -0.2) is 0 Å². The van der Waals surface area contributed by atoms with Crippen molar-refractivity contribution in [2.75, 3.05) is 11.1 Å². The van der Waals surface area contributed by atoms with Crippen LogP contribution in [0.2, 0.25) is 0 Å². The second kappa shape index (κ2) is 5.56. The summed E-state index contributed by atoms with van der Waals surface area (Å²) in [4.78, 5) is 11.8. The van der Waals surface area contributed by atoms with Gasteiger partial charge in [0, 0.05) is 30.9 Å². The Morgan fingerprint density at radius 1 is 1.42 bits per heavy atom. The van der Waals surface area contributed by atoms with Gasteiger partial charge in [0.25, 0.3) is 0 Å². The Morgan fingerprint density at radius 2 is 2.16 bits per heavy atom. The van der Waals surface area contributed by atoms with Crippen LogP contribution >= 0.6 is 0 Å². The number of benzene rings is 1. The number of aryl methyl sites for hydroxylation is 3. The maximum atomic E-state index is 11.8. The van der Waals surface area contributed by atoms with Gasteiger partial charge in [-0.1, -0.05) is 18.2 Å². The monoisotopic (exact) mass is 258 g/mol. The first kappa shape index (κ1) is 13.1. The van der Waals surface area contributed by atoms with Crippen LogP contribution in [-0.4, -0.2) is 15.7 Å². The van der Waals surface area contributed by atoms with Gasteiger partial charge in [-0.3, -0.25) is 9.48 Å². The topological polar surface area (TPSA) is 72.9 Å². The number of hydrogen-bond acceptors (Lipinski definition) is 3. The van der Waals surface area contributed by atoms with E-state index in [0.29, 0.717) is 18.7 Å². The molecule has 2 rings (SSSR count). The molecule has 0 aliphatic rings. The molecule has 0 saturated carbocycles. The first-order chi connectivity index (χ1) is 9.06. The molecule has 1 amide bonds. The third-order valence-corrected chi connectivity index (χ3v) is 3.06. The van der Waals surface area contributed by atoms with Gasteiger partial charge in [0.15, 0.2) is 5.82 Å². The van der Waals surface area contributed by atoms with E-state index in [1.54, 1.807) is 4.68 Å². The Morgan fingerprint density at radius 3 is 2.79 bits per heavy atom. The fraction of sp³-hybridized carbons (Fsp3) is 0.286. The molecule has 0 unspecified atom stereocenters. The van der Waals surface area contributed by atoms with Crippen molar-refractivity contribution >= 4 is 17.4 Å². The lowest BCUT2D eigenvalue weighted by Crippen LogP contribution is -2.13. The molecule has 0 aliphatic carbocycles. The molecule has 100 valence electrons. The molecule has 5 nitrogen and oxygen atoms in total. The highest BCUT2D eigenvalue weighted by Gasteiger charge is 2.07. The predicted molar refractivity (Wildman–Crippen MR) is 75.8 cm³/mol. The average Bonchev–Trinajstić information content (AvgIpc) is 2.67. The quantitative estimate of drug-likeness (QED) is 0.822. The van der Waals surface area contributed by atoms with Crippen LogP contribution < -0.4 is 11.1 Å². The molecule has 0 bridgehead atoms. The number of nitrogens with two attached hydrogens (primary N) is 1. The zero-order chi connectivity index (χ0) is 13.8. The summed E-state index contributed by atoms with van der Waals surface area (Å²) >= 11 is 0. The van der Waals surface area contributed by atoms with Crippen LogP contribution in [0.5, 0.6) is 0 Å². The summed E-state index contributed by atoms with van der Waals surface area (Å²) in [6.07, 6.45) is 1.02. The van der Waals surface area contributed by atoms with Crippen LogP contribution in [0.1, 0.15) is 17.7 Å². The van der Waals surface area contributed by atoms with Gasteiger partial charge in [0.1, 0.15) is 0 Å². The minimum atomic E-state index is -0.0543. The van der Waals surface area contributed by atoms with Crippen molar-refractivity contribution in [1.82, 2.24) is 9.78 Å². The summed E-state index contributed by atoms with van der Waals surface area (Å²) in [5.74, 6) is 0.535. The molecule has 0 saturated heterocycles. The summed E-state index contributed by atoms with van der Waals surface area (Å²) in [6, 6.07) is 9.43. The van der Waals surface area contributed by atoms with E-state index in [1.807, 2.05) is 44.3 Å². The van der Waals surface area contributed by atoms with Gasteiger partial charge >= 0.3 is 0 Å². The molecule has 0 atom stereocenters. The molecule has 5 heteroatoms. The lowest BCUT2D eigenvalue weighted by molar-refractivity contribution is -0.116. The van der Waals surface area contributed by atoms with Crippen LogP contribution in [-0.2, 0) is 18.3 Å². The average molecular weight is 258 g/mol. The second-order valence-corrected chi connectivity index (χ2v) is 4.54. The number of rotatable bonds is 4. The Hall–Kier alpha value is -2.30. The number of aromatic nitrogens is 2. The molecule has 1 heterocycles. The number of amides is 1. The number of nitrogen functional groups attached to an aromatic ring is 1. The molecule has 0 radical (unpaired) electrons. The van der Waals surface area contributed by atoms with Crippen molar-refractivity contribution in [2.45, 2.75) is 19.8 Å². The number of para-hydroxylation sites is 1. The highest BCUT2D eigenvalue weighted by atomic mass is 16.1. The van der Waals surface area contributed by atoms with E-state index >= 15 is 0 Å². The SMILES string of the molecule is Cc1cc(NC(=O)CCc2ccccc2N)nn1C. The van der Waals surface area contributed by atoms with Gasteiger partial charge in [-0.2, -0.15) is 5.10 Å². The number of nitrogens with one attached hydrogen (secondary N) is 1. The molecular formula is C14H18N4O.